The Bertz CT molecular complexity index is 1400. The molecule has 1 saturated carbocycles. The summed E-state index contributed by atoms with van der Waals surface area (Å²) in [5, 5.41) is 5.57. The van der Waals surface area contributed by atoms with E-state index in [1.165, 1.54) is 30.3 Å². The average molecular weight is 485 g/mol. The highest BCUT2D eigenvalue weighted by Crippen LogP contribution is 2.51. The Balaban J connectivity index is 1.53. The van der Waals surface area contributed by atoms with E-state index in [0.29, 0.717) is 22.3 Å². The number of alkyl halides is 3. The summed E-state index contributed by atoms with van der Waals surface area (Å²) in [7, 11) is 0. The van der Waals surface area contributed by atoms with Crippen LogP contribution in [0.1, 0.15) is 24.0 Å². The second-order valence-electron chi connectivity index (χ2n) is 8.61. The second-order valence-corrected chi connectivity index (χ2v) is 8.61. The first-order valence-electron chi connectivity index (χ1n) is 10.9. The third-order valence-electron chi connectivity index (χ3n) is 6.01. The third kappa shape index (κ3) is 4.60. The summed E-state index contributed by atoms with van der Waals surface area (Å²) in [5.74, 6) is -0.678. The van der Waals surface area contributed by atoms with E-state index in [0.717, 1.165) is 5.56 Å². The van der Waals surface area contributed by atoms with Gasteiger partial charge in [-0.15, -0.1) is 0 Å². The SMILES string of the molecule is Cc1cc(CNc2nc(NC3(C(F)(F)F)CC3)c3nc(-c4ccc(F)cc4)ccc3n2)ccc1F. The van der Waals surface area contributed by atoms with Gasteiger partial charge in [0, 0.05) is 12.1 Å². The third-order valence-corrected chi connectivity index (χ3v) is 6.01. The van der Waals surface area contributed by atoms with Crippen molar-refractivity contribution in [3.05, 3.63) is 77.4 Å². The van der Waals surface area contributed by atoms with E-state index in [-0.39, 0.29) is 42.5 Å². The molecule has 1 aliphatic carbocycles. The van der Waals surface area contributed by atoms with Gasteiger partial charge in [-0.2, -0.15) is 18.2 Å². The Morgan fingerprint density at radius 2 is 1.66 bits per heavy atom. The second kappa shape index (κ2) is 8.44. The summed E-state index contributed by atoms with van der Waals surface area (Å²) >= 11 is 0. The molecule has 0 atom stereocenters. The number of aryl methyl sites for hydroxylation is 1. The highest BCUT2D eigenvalue weighted by Gasteiger charge is 2.64. The lowest BCUT2D eigenvalue weighted by molar-refractivity contribution is -0.151. The molecule has 1 fully saturated rings. The Kier molecular flexibility index (Phi) is 5.53. The molecule has 5 nitrogen and oxygen atoms in total. The maximum absolute atomic E-state index is 13.7. The number of halogens is 5. The van der Waals surface area contributed by atoms with Gasteiger partial charge in [0.25, 0.3) is 0 Å². The van der Waals surface area contributed by atoms with E-state index in [4.69, 9.17) is 0 Å². The predicted octanol–water partition coefficient (Wildman–Crippen LogP) is 6.40. The maximum atomic E-state index is 13.7. The zero-order chi connectivity index (χ0) is 24.8. The topological polar surface area (TPSA) is 62.7 Å². The van der Waals surface area contributed by atoms with E-state index < -0.39 is 17.5 Å². The van der Waals surface area contributed by atoms with Crippen molar-refractivity contribution in [1.82, 2.24) is 15.0 Å². The molecule has 1 aliphatic rings. The van der Waals surface area contributed by atoms with Gasteiger partial charge >= 0.3 is 6.18 Å². The molecule has 2 aromatic heterocycles. The van der Waals surface area contributed by atoms with Crippen LogP contribution in [0.15, 0.2) is 54.6 Å². The molecular weight excluding hydrogens is 465 g/mol. The van der Waals surface area contributed by atoms with Crippen LogP contribution in [0.4, 0.5) is 33.7 Å². The first-order chi connectivity index (χ1) is 16.6. The predicted molar refractivity (Wildman–Crippen MR) is 123 cm³/mol. The molecule has 2 heterocycles. The number of fused-ring (bicyclic) bond motifs is 1. The van der Waals surface area contributed by atoms with Crippen molar-refractivity contribution in [3.63, 3.8) is 0 Å². The van der Waals surface area contributed by atoms with Crippen molar-refractivity contribution in [2.24, 2.45) is 0 Å². The molecule has 4 aromatic rings. The highest BCUT2D eigenvalue weighted by atomic mass is 19.4. The van der Waals surface area contributed by atoms with Crippen molar-refractivity contribution in [2.45, 2.75) is 38.0 Å². The fraction of sp³-hybridized carbons (Fsp3) is 0.240. The summed E-state index contributed by atoms with van der Waals surface area (Å²) in [6, 6.07) is 13.6. The van der Waals surface area contributed by atoms with Crippen LogP contribution in [0.2, 0.25) is 0 Å². The summed E-state index contributed by atoms with van der Waals surface area (Å²) in [4.78, 5) is 13.2. The molecule has 180 valence electrons. The van der Waals surface area contributed by atoms with Gasteiger partial charge in [0.05, 0.1) is 11.2 Å². The van der Waals surface area contributed by atoms with Crippen molar-refractivity contribution in [3.8, 4) is 11.3 Å². The van der Waals surface area contributed by atoms with Crippen molar-refractivity contribution >= 4 is 22.8 Å². The smallest absolute Gasteiger partial charge is 0.354 e. The van der Waals surface area contributed by atoms with Crippen molar-refractivity contribution in [2.75, 3.05) is 10.6 Å². The summed E-state index contributed by atoms with van der Waals surface area (Å²) in [5.41, 5.74) is 0.737. The molecule has 2 aromatic carbocycles. The fourth-order valence-corrected chi connectivity index (χ4v) is 3.79. The molecule has 0 amide bonds. The summed E-state index contributed by atoms with van der Waals surface area (Å²) in [6.45, 7) is 1.89. The van der Waals surface area contributed by atoms with Gasteiger partial charge in [-0.05, 0) is 73.4 Å². The lowest BCUT2D eigenvalue weighted by atomic mass is 10.1. The molecule has 2 N–H and O–H groups in total. The number of hydrogen-bond acceptors (Lipinski definition) is 5. The number of nitrogens with one attached hydrogen (secondary N) is 2. The summed E-state index contributed by atoms with van der Waals surface area (Å²) < 4.78 is 68.0. The van der Waals surface area contributed by atoms with Gasteiger partial charge in [0.15, 0.2) is 5.82 Å². The number of benzene rings is 2. The molecule has 0 saturated heterocycles. The van der Waals surface area contributed by atoms with E-state index in [1.54, 1.807) is 31.2 Å². The molecule has 35 heavy (non-hydrogen) atoms. The largest absolute Gasteiger partial charge is 0.411 e. The molecule has 0 unspecified atom stereocenters. The first kappa shape index (κ1) is 22.9. The Hall–Kier alpha value is -3.82. The lowest BCUT2D eigenvalue weighted by Crippen LogP contribution is -2.39. The van der Waals surface area contributed by atoms with E-state index in [2.05, 4.69) is 25.6 Å². The van der Waals surface area contributed by atoms with Gasteiger partial charge in [0.1, 0.15) is 22.7 Å². The Morgan fingerprint density at radius 3 is 2.31 bits per heavy atom. The number of rotatable bonds is 6. The van der Waals surface area contributed by atoms with Crippen LogP contribution < -0.4 is 10.6 Å². The van der Waals surface area contributed by atoms with Gasteiger partial charge in [-0.1, -0.05) is 12.1 Å². The average Bonchev–Trinajstić information content (AvgIpc) is 3.61. The first-order valence-corrected chi connectivity index (χ1v) is 10.9. The summed E-state index contributed by atoms with van der Waals surface area (Å²) in [6.07, 6.45) is -4.60. The Labute approximate surface area is 197 Å². The number of hydrogen-bond donors (Lipinski definition) is 2. The Morgan fingerprint density at radius 1 is 0.914 bits per heavy atom. The molecule has 0 aliphatic heterocycles. The zero-order valence-electron chi connectivity index (χ0n) is 18.5. The molecule has 0 bridgehead atoms. The standard InChI is InChI=1S/C25H20F5N5/c1-14-12-15(2-7-18(14)27)13-31-23-33-20-9-8-19(16-3-5-17(26)6-4-16)32-21(20)22(34-23)35-24(10-11-24)25(28,29)30/h2-9,12H,10-11,13H2,1H3,(H2,31,33,34,35). The van der Waals surface area contributed by atoms with Crippen LogP contribution in [0.25, 0.3) is 22.3 Å². The zero-order valence-corrected chi connectivity index (χ0v) is 18.5. The van der Waals surface area contributed by atoms with E-state index in [1.807, 2.05) is 0 Å². The molecule has 0 radical (unpaired) electrons. The van der Waals surface area contributed by atoms with Crippen molar-refractivity contribution < 1.29 is 22.0 Å². The molecule has 10 heteroatoms. The monoisotopic (exact) mass is 485 g/mol. The highest BCUT2D eigenvalue weighted by molar-refractivity contribution is 5.88. The number of aromatic nitrogens is 3. The minimum Gasteiger partial charge on any atom is -0.354 e. The quantitative estimate of drug-likeness (QED) is 0.310. The number of pyridine rings is 1. The molecule has 0 spiro atoms. The molecular formula is C25H20F5N5. The van der Waals surface area contributed by atoms with Crippen LogP contribution >= 0.6 is 0 Å². The minimum absolute atomic E-state index is 0.0495. The van der Waals surface area contributed by atoms with Gasteiger partial charge in [-0.3, -0.25) is 0 Å². The minimum atomic E-state index is -4.46. The number of anilines is 2. The normalized spacial score (nSPS) is 14.7. The van der Waals surface area contributed by atoms with Gasteiger partial charge in [-0.25, -0.2) is 18.7 Å². The number of nitrogens with zero attached hydrogens (tertiary/aromatic N) is 3. The molecule has 5 rings (SSSR count). The van der Waals surface area contributed by atoms with Gasteiger partial charge < -0.3 is 10.6 Å². The van der Waals surface area contributed by atoms with Crippen LogP contribution in [-0.2, 0) is 6.54 Å². The van der Waals surface area contributed by atoms with E-state index >= 15 is 0 Å². The lowest BCUT2D eigenvalue weighted by Gasteiger charge is -2.22. The van der Waals surface area contributed by atoms with Crippen molar-refractivity contribution in [1.29, 1.82) is 0 Å². The van der Waals surface area contributed by atoms with Gasteiger partial charge in [0.2, 0.25) is 5.95 Å². The van der Waals surface area contributed by atoms with Crippen LogP contribution in [-0.4, -0.2) is 26.7 Å². The maximum Gasteiger partial charge on any atom is 0.411 e. The van der Waals surface area contributed by atoms with Crippen LogP contribution in [0.5, 0.6) is 0 Å². The van der Waals surface area contributed by atoms with Crippen LogP contribution in [0, 0.1) is 18.6 Å². The van der Waals surface area contributed by atoms with E-state index in [9.17, 15) is 22.0 Å². The van der Waals surface area contributed by atoms with Crippen LogP contribution in [0.3, 0.4) is 0 Å². The fourth-order valence-electron chi connectivity index (χ4n) is 3.79.